The van der Waals surface area contributed by atoms with E-state index in [1.807, 2.05) is 0 Å². The summed E-state index contributed by atoms with van der Waals surface area (Å²) in [5.74, 6) is 0.471. The largest absolute Gasteiger partial charge is 0.379 e. The van der Waals surface area contributed by atoms with Crippen LogP contribution < -0.4 is 15.4 Å². The molecule has 0 radical (unpaired) electrons. The molecule has 1 fully saturated rings. The quantitative estimate of drug-likeness (QED) is 0.593. The van der Waals surface area contributed by atoms with E-state index in [4.69, 9.17) is 0 Å². The second-order valence-electron chi connectivity index (χ2n) is 6.21. The normalized spacial score (nSPS) is 14.1. The van der Waals surface area contributed by atoms with Crippen LogP contribution in [0.2, 0.25) is 0 Å². The lowest BCUT2D eigenvalue weighted by molar-refractivity contribution is 0.588. The average molecular weight is 383 g/mol. The minimum Gasteiger partial charge on any atom is -0.379 e. The van der Waals surface area contributed by atoms with Gasteiger partial charge < -0.3 is 10.6 Å². The van der Waals surface area contributed by atoms with Gasteiger partial charge in [0.05, 0.1) is 16.8 Å². The Morgan fingerprint density at radius 3 is 2.81 bits per heavy atom. The fraction of sp³-hybridized carbons (Fsp3) is 0.235. The van der Waals surface area contributed by atoms with E-state index in [0.29, 0.717) is 28.9 Å². The van der Waals surface area contributed by atoms with Gasteiger partial charge in [-0.3, -0.25) is 0 Å². The second-order valence-corrected chi connectivity index (χ2v) is 8.10. The smallest absolute Gasteiger partial charge is 0.240 e. The van der Waals surface area contributed by atoms with E-state index < -0.39 is 10.0 Å². The number of nitriles is 1. The van der Waals surface area contributed by atoms with Gasteiger partial charge in [0.2, 0.25) is 10.0 Å². The minimum atomic E-state index is -3.55. The highest BCUT2D eigenvalue weighted by Crippen LogP contribution is 2.29. The number of nitrogens with one attached hydrogen (secondary N) is 3. The summed E-state index contributed by atoms with van der Waals surface area (Å²) in [6, 6.07) is 10.7. The maximum atomic E-state index is 12.0. The highest BCUT2D eigenvalue weighted by molar-refractivity contribution is 7.89. The van der Waals surface area contributed by atoms with Gasteiger partial charge in [0, 0.05) is 17.8 Å². The van der Waals surface area contributed by atoms with Crippen LogP contribution in [0.15, 0.2) is 41.4 Å². The summed E-state index contributed by atoms with van der Waals surface area (Å²) >= 11 is 0. The zero-order chi connectivity index (χ0) is 19.0. The van der Waals surface area contributed by atoms with E-state index in [-0.39, 0.29) is 4.90 Å². The van der Waals surface area contributed by atoms with Gasteiger partial charge in [0.1, 0.15) is 6.07 Å². The third kappa shape index (κ3) is 3.42. The molecule has 0 bridgehead atoms. The van der Waals surface area contributed by atoms with Crippen molar-refractivity contribution in [1.82, 2.24) is 19.3 Å². The minimum absolute atomic E-state index is 0.146. The first-order valence-corrected chi connectivity index (χ1v) is 9.84. The van der Waals surface area contributed by atoms with Crippen molar-refractivity contribution >= 4 is 32.9 Å². The molecule has 0 atom stereocenters. The summed E-state index contributed by atoms with van der Waals surface area (Å²) < 4.78 is 27.8. The topological polar surface area (TPSA) is 124 Å². The molecule has 1 aliphatic carbocycles. The molecule has 27 heavy (non-hydrogen) atoms. The van der Waals surface area contributed by atoms with Crippen LogP contribution in [0, 0.1) is 11.3 Å². The van der Waals surface area contributed by atoms with Crippen LogP contribution in [0.4, 0.5) is 17.2 Å². The first-order chi connectivity index (χ1) is 13.0. The second kappa shape index (κ2) is 6.53. The molecule has 2 heterocycles. The van der Waals surface area contributed by atoms with Gasteiger partial charge in [-0.15, -0.1) is 5.10 Å². The molecule has 0 aliphatic heterocycles. The molecule has 3 aromatic rings. The number of anilines is 3. The first kappa shape index (κ1) is 17.3. The predicted molar refractivity (Wildman–Crippen MR) is 100 cm³/mol. The fourth-order valence-corrected chi connectivity index (χ4v) is 3.44. The SMILES string of the molecule is CNS(=O)(=O)c1cccc(Nc2cc(NC3CC3)c3ncc(C#N)n3n2)c1. The molecule has 2 aromatic heterocycles. The van der Waals surface area contributed by atoms with Gasteiger partial charge in [0.25, 0.3) is 0 Å². The molecule has 1 aromatic carbocycles. The lowest BCUT2D eigenvalue weighted by Gasteiger charge is -2.12. The van der Waals surface area contributed by atoms with E-state index in [2.05, 4.69) is 31.5 Å². The Labute approximate surface area is 156 Å². The van der Waals surface area contributed by atoms with Crippen LogP contribution in [0.25, 0.3) is 5.65 Å². The maximum Gasteiger partial charge on any atom is 0.240 e. The van der Waals surface area contributed by atoms with Crippen LogP contribution in [-0.2, 0) is 10.0 Å². The number of sulfonamides is 1. The fourth-order valence-electron chi connectivity index (χ4n) is 2.67. The number of nitrogens with zero attached hydrogens (tertiary/aromatic N) is 4. The summed E-state index contributed by atoms with van der Waals surface area (Å²) in [6.07, 6.45) is 3.66. The Hall–Kier alpha value is -3.16. The Morgan fingerprint density at radius 1 is 1.30 bits per heavy atom. The van der Waals surface area contributed by atoms with Crippen molar-refractivity contribution in [2.75, 3.05) is 17.7 Å². The van der Waals surface area contributed by atoms with Crippen molar-refractivity contribution < 1.29 is 8.42 Å². The molecule has 0 spiro atoms. The molecule has 138 valence electrons. The van der Waals surface area contributed by atoms with Gasteiger partial charge in [0.15, 0.2) is 17.2 Å². The average Bonchev–Trinajstić information content (AvgIpc) is 3.38. The van der Waals surface area contributed by atoms with Crippen molar-refractivity contribution in [2.24, 2.45) is 0 Å². The maximum absolute atomic E-state index is 12.0. The van der Waals surface area contributed by atoms with Crippen molar-refractivity contribution in [3.63, 3.8) is 0 Å². The number of imidazole rings is 1. The van der Waals surface area contributed by atoms with Crippen LogP contribution in [0.5, 0.6) is 0 Å². The summed E-state index contributed by atoms with van der Waals surface area (Å²) in [5.41, 5.74) is 2.24. The number of benzene rings is 1. The molecule has 0 amide bonds. The molecule has 3 N–H and O–H groups in total. The molecule has 1 aliphatic rings. The van der Waals surface area contributed by atoms with Crippen LogP contribution in [0.3, 0.4) is 0 Å². The van der Waals surface area contributed by atoms with Gasteiger partial charge in [-0.25, -0.2) is 18.1 Å². The van der Waals surface area contributed by atoms with E-state index in [9.17, 15) is 13.7 Å². The Bertz CT molecular complexity index is 1160. The standard InChI is InChI=1S/C17H17N7O2S/c1-19-27(25,26)14-4-2-3-12(7-14)22-16-8-15(21-11-5-6-11)17-20-10-13(9-18)24(17)23-16/h2-4,7-8,10-11,19,21H,5-6H2,1H3,(H,22,23). The summed E-state index contributed by atoms with van der Waals surface area (Å²) in [6.45, 7) is 0. The van der Waals surface area contributed by atoms with Crippen molar-refractivity contribution in [3.8, 4) is 6.07 Å². The zero-order valence-corrected chi connectivity index (χ0v) is 15.3. The van der Waals surface area contributed by atoms with Gasteiger partial charge >= 0.3 is 0 Å². The third-order valence-corrected chi connectivity index (χ3v) is 5.62. The molecule has 0 saturated heterocycles. The Morgan fingerprint density at radius 2 is 2.11 bits per heavy atom. The van der Waals surface area contributed by atoms with E-state index >= 15 is 0 Å². The third-order valence-electron chi connectivity index (χ3n) is 4.20. The van der Waals surface area contributed by atoms with E-state index in [0.717, 1.165) is 18.5 Å². The monoisotopic (exact) mass is 383 g/mol. The zero-order valence-electron chi connectivity index (χ0n) is 14.5. The lowest BCUT2D eigenvalue weighted by Crippen LogP contribution is -2.18. The molecular formula is C17H17N7O2S. The summed E-state index contributed by atoms with van der Waals surface area (Å²) in [5, 5.41) is 20.2. The van der Waals surface area contributed by atoms with E-state index in [1.165, 1.54) is 29.9 Å². The van der Waals surface area contributed by atoms with Crippen LogP contribution in [-0.4, -0.2) is 36.1 Å². The highest BCUT2D eigenvalue weighted by Gasteiger charge is 2.23. The van der Waals surface area contributed by atoms with Gasteiger partial charge in [-0.1, -0.05) is 6.07 Å². The lowest BCUT2D eigenvalue weighted by atomic mass is 10.3. The van der Waals surface area contributed by atoms with Crippen molar-refractivity contribution in [3.05, 3.63) is 42.2 Å². The summed E-state index contributed by atoms with van der Waals surface area (Å²) in [4.78, 5) is 4.42. The predicted octanol–water partition coefficient (Wildman–Crippen LogP) is 1.83. The molecule has 1 saturated carbocycles. The van der Waals surface area contributed by atoms with E-state index in [1.54, 1.807) is 18.2 Å². The van der Waals surface area contributed by atoms with Crippen molar-refractivity contribution in [1.29, 1.82) is 5.26 Å². The van der Waals surface area contributed by atoms with Gasteiger partial charge in [-0.2, -0.15) is 9.78 Å². The molecule has 10 heteroatoms. The highest BCUT2D eigenvalue weighted by atomic mass is 32.2. The first-order valence-electron chi connectivity index (χ1n) is 8.36. The Balaban J connectivity index is 1.73. The number of aromatic nitrogens is 3. The summed E-state index contributed by atoms with van der Waals surface area (Å²) in [7, 11) is -2.18. The number of rotatable bonds is 6. The Kier molecular flexibility index (Phi) is 4.18. The van der Waals surface area contributed by atoms with Gasteiger partial charge in [-0.05, 0) is 38.1 Å². The molecular weight excluding hydrogens is 366 g/mol. The van der Waals surface area contributed by atoms with Crippen LogP contribution >= 0.6 is 0 Å². The number of hydrogen-bond acceptors (Lipinski definition) is 7. The molecule has 0 unspecified atom stereocenters. The molecule has 4 rings (SSSR count). The van der Waals surface area contributed by atoms with Crippen molar-refractivity contribution in [2.45, 2.75) is 23.8 Å². The molecule has 9 nitrogen and oxygen atoms in total. The van der Waals surface area contributed by atoms with Crippen LogP contribution in [0.1, 0.15) is 18.5 Å². The number of fused-ring (bicyclic) bond motifs is 1. The number of hydrogen-bond donors (Lipinski definition) is 3.